The summed E-state index contributed by atoms with van der Waals surface area (Å²) in [5, 5.41) is 2.61. The Bertz CT molecular complexity index is 990. The first-order valence-electron chi connectivity index (χ1n) is 8.27. The molecule has 7 heteroatoms. The van der Waals surface area contributed by atoms with Crippen molar-refractivity contribution in [1.29, 1.82) is 0 Å². The third kappa shape index (κ3) is 5.72. The number of ether oxygens (including phenoxy) is 1. The number of halogens is 3. The van der Waals surface area contributed by atoms with Crippen LogP contribution in [0.2, 0.25) is 0 Å². The zero-order valence-electron chi connectivity index (χ0n) is 14.5. The highest BCUT2D eigenvalue weighted by Crippen LogP contribution is 2.22. The van der Waals surface area contributed by atoms with E-state index in [0.29, 0.717) is 15.9 Å². The van der Waals surface area contributed by atoms with Crippen molar-refractivity contribution in [3.8, 4) is 5.75 Å². The second kappa shape index (κ2) is 9.23. The van der Waals surface area contributed by atoms with Gasteiger partial charge in [0, 0.05) is 16.4 Å². The fraction of sp³-hybridized carbons (Fsp3) is 0.0476. The molecule has 0 aromatic heterocycles. The van der Waals surface area contributed by atoms with Gasteiger partial charge in [0.2, 0.25) is 0 Å². The van der Waals surface area contributed by atoms with E-state index in [0.717, 1.165) is 5.56 Å². The minimum Gasteiger partial charge on any atom is -0.484 e. The van der Waals surface area contributed by atoms with Crippen LogP contribution in [0.1, 0.15) is 5.56 Å². The van der Waals surface area contributed by atoms with E-state index in [9.17, 15) is 13.6 Å². The molecule has 142 valence electrons. The highest BCUT2D eigenvalue weighted by atomic mass is 79.9. The summed E-state index contributed by atoms with van der Waals surface area (Å²) in [5.74, 6) is -0.650. The zero-order chi connectivity index (χ0) is 19.9. The van der Waals surface area contributed by atoms with E-state index in [2.05, 4.69) is 26.2 Å². The van der Waals surface area contributed by atoms with E-state index in [4.69, 9.17) is 4.74 Å². The average molecular weight is 445 g/mol. The summed E-state index contributed by atoms with van der Waals surface area (Å²) in [7, 11) is 0. The number of amides is 1. The van der Waals surface area contributed by atoms with Crippen molar-refractivity contribution in [2.24, 2.45) is 4.99 Å². The summed E-state index contributed by atoms with van der Waals surface area (Å²) < 4.78 is 32.7. The van der Waals surface area contributed by atoms with Gasteiger partial charge in [0.1, 0.15) is 17.4 Å². The average Bonchev–Trinajstić information content (AvgIpc) is 2.68. The summed E-state index contributed by atoms with van der Waals surface area (Å²) in [4.78, 5) is 16.0. The van der Waals surface area contributed by atoms with Crippen molar-refractivity contribution in [1.82, 2.24) is 0 Å². The molecule has 0 unspecified atom stereocenters. The third-order valence-corrected chi connectivity index (χ3v) is 4.13. The second-order valence-electron chi connectivity index (χ2n) is 5.77. The maximum atomic E-state index is 13.7. The molecule has 3 rings (SSSR count). The minimum absolute atomic E-state index is 0.186. The fourth-order valence-electron chi connectivity index (χ4n) is 2.26. The molecule has 3 aromatic carbocycles. The molecular formula is C21H15BrF2N2O2. The number of hydrogen-bond donors (Lipinski definition) is 1. The molecule has 0 aliphatic carbocycles. The highest BCUT2D eigenvalue weighted by molar-refractivity contribution is 9.10. The lowest BCUT2D eigenvalue weighted by molar-refractivity contribution is -0.118. The van der Waals surface area contributed by atoms with Gasteiger partial charge in [0.05, 0.1) is 5.69 Å². The molecule has 1 amide bonds. The molecule has 0 heterocycles. The molecule has 0 saturated carbocycles. The van der Waals surface area contributed by atoms with Gasteiger partial charge < -0.3 is 10.1 Å². The first kappa shape index (κ1) is 19.7. The zero-order valence-corrected chi connectivity index (χ0v) is 16.1. The molecule has 0 radical (unpaired) electrons. The first-order chi connectivity index (χ1) is 13.5. The Balaban J connectivity index is 1.53. The van der Waals surface area contributed by atoms with E-state index < -0.39 is 5.82 Å². The van der Waals surface area contributed by atoms with Crippen LogP contribution < -0.4 is 10.1 Å². The van der Waals surface area contributed by atoms with Gasteiger partial charge in [0.25, 0.3) is 5.91 Å². The van der Waals surface area contributed by atoms with E-state index in [1.807, 2.05) is 0 Å². The summed E-state index contributed by atoms with van der Waals surface area (Å²) in [5.41, 5.74) is 1.48. The van der Waals surface area contributed by atoms with Crippen LogP contribution in [0, 0.1) is 11.6 Å². The van der Waals surface area contributed by atoms with Gasteiger partial charge in [-0.2, -0.15) is 0 Å². The summed E-state index contributed by atoms with van der Waals surface area (Å²) in [6.07, 6.45) is 1.54. The smallest absolute Gasteiger partial charge is 0.262 e. The van der Waals surface area contributed by atoms with Crippen molar-refractivity contribution in [2.75, 3.05) is 11.9 Å². The number of hydrogen-bond acceptors (Lipinski definition) is 3. The Morgan fingerprint density at radius 2 is 1.75 bits per heavy atom. The molecule has 0 aliphatic heterocycles. The predicted octanol–water partition coefficient (Wildman–Crippen LogP) is 5.50. The van der Waals surface area contributed by atoms with Crippen molar-refractivity contribution >= 4 is 39.4 Å². The van der Waals surface area contributed by atoms with Crippen LogP contribution in [0.3, 0.4) is 0 Å². The number of carbonyl (C=O) groups is 1. The molecule has 4 nitrogen and oxygen atoms in total. The Labute approximate surface area is 169 Å². The first-order valence-corrected chi connectivity index (χ1v) is 9.06. The van der Waals surface area contributed by atoms with E-state index in [-0.39, 0.29) is 24.0 Å². The van der Waals surface area contributed by atoms with Crippen LogP contribution in [0.15, 0.2) is 76.2 Å². The van der Waals surface area contributed by atoms with E-state index in [1.54, 1.807) is 36.4 Å². The van der Waals surface area contributed by atoms with Gasteiger partial charge >= 0.3 is 0 Å². The maximum absolute atomic E-state index is 13.7. The number of aliphatic imine (C=N–C) groups is 1. The minimum atomic E-state index is -0.419. The molecule has 28 heavy (non-hydrogen) atoms. The van der Waals surface area contributed by atoms with Crippen LogP contribution in [0.4, 0.5) is 20.2 Å². The van der Waals surface area contributed by atoms with Crippen molar-refractivity contribution < 1.29 is 18.3 Å². The normalized spacial score (nSPS) is 10.8. The SMILES string of the molecule is O=C(COc1ccc(C=Nc2ccc(Br)cc2F)cc1)Nc1ccc(F)cc1. The highest BCUT2D eigenvalue weighted by Gasteiger charge is 2.04. The Kier molecular flexibility index (Phi) is 6.49. The van der Waals surface area contributed by atoms with Crippen LogP contribution >= 0.6 is 15.9 Å². The standard InChI is InChI=1S/C21H15BrF2N2O2/c22-15-3-10-20(19(24)11-15)25-12-14-1-8-18(9-2-14)28-13-21(27)26-17-6-4-16(23)5-7-17/h1-12H,13H2,(H,26,27). The molecule has 0 bridgehead atoms. The lowest BCUT2D eigenvalue weighted by Gasteiger charge is -2.07. The molecule has 0 atom stereocenters. The van der Waals surface area contributed by atoms with Crippen molar-refractivity contribution in [2.45, 2.75) is 0 Å². The number of nitrogens with zero attached hydrogens (tertiary/aromatic N) is 1. The van der Waals surface area contributed by atoms with Crippen LogP contribution in [0.5, 0.6) is 5.75 Å². The van der Waals surface area contributed by atoms with Crippen LogP contribution in [-0.4, -0.2) is 18.7 Å². The number of rotatable bonds is 6. The van der Waals surface area contributed by atoms with Gasteiger partial charge in [-0.25, -0.2) is 8.78 Å². The Morgan fingerprint density at radius 1 is 1.04 bits per heavy atom. The number of nitrogens with one attached hydrogen (secondary N) is 1. The van der Waals surface area contributed by atoms with Crippen molar-refractivity contribution in [3.05, 3.63) is 88.4 Å². The number of anilines is 1. The molecule has 0 spiro atoms. The van der Waals surface area contributed by atoms with Gasteiger partial charge in [-0.1, -0.05) is 15.9 Å². The van der Waals surface area contributed by atoms with Gasteiger partial charge in [-0.3, -0.25) is 9.79 Å². The van der Waals surface area contributed by atoms with Gasteiger partial charge in [-0.05, 0) is 72.3 Å². The monoisotopic (exact) mass is 444 g/mol. The molecule has 3 aromatic rings. The van der Waals surface area contributed by atoms with Gasteiger partial charge in [0.15, 0.2) is 6.61 Å². The quantitative estimate of drug-likeness (QED) is 0.510. The second-order valence-corrected chi connectivity index (χ2v) is 6.68. The van der Waals surface area contributed by atoms with Crippen molar-refractivity contribution in [3.63, 3.8) is 0 Å². The van der Waals surface area contributed by atoms with Gasteiger partial charge in [-0.15, -0.1) is 0 Å². The predicted molar refractivity (Wildman–Crippen MR) is 108 cm³/mol. The third-order valence-electron chi connectivity index (χ3n) is 3.64. The molecule has 0 saturated heterocycles. The molecular weight excluding hydrogens is 430 g/mol. The number of carbonyl (C=O) groups excluding carboxylic acids is 1. The summed E-state index contributed by atoms with van der Waals surface area (Å²) in [6.45, 7) is -0.186. The summed E-state index contributed by atoms with van der Waals surface area (Å²) in [6, 6.07) is 17.0. The molecule has 0 fully saturated rings. The maximum Gasteiger partial charge on any atom is 0.262 e. The number of benzene rings is 3. The largest absolute Gasteiger partial charge is 0.484 e. The lowest BCUT2D eigenvalue weighted by atomic mass is 10.2. The fourth-order valence-corrected chi connectivity index (χ4v) is 2.59. The van der Waals surface area contributed by atoms with E-state index in [1.165, 1.54) is 36.5 Å². The topological polar surface area (TPSA) is 50.7 Å². The Morgan fingerprint density at radius 3 is 2.43 bits per heavy atom. The van der Waals surface area contributed by atoms with Crippen LogP contribution in [-0.2, 0) is 4.79 Å². The lowest BCUT2D eigenvalue weighted by Crippen LogP contribution is -2.20. The van der Waals surface area contributed by atoms with E-state index >= 15 is 0 Å². The Hall–Kier alpha value is -3.06. The molecule has 0 aliphatic rings. The summed E-state index contributed by atoms with van der Waals surface area (Å²) >= 11 is 3.20. The van der Waals surface area contributed by atoms with Crippen LogP contribution in [0.25, 0.3) is 0 Å². The molecule has 1 N–H and O–H groups in total.